The number of fused-ring (bicyclic) bond motifs is 1. The molecule has 0 bridgehead atoms. The van der Waals surface area contributed by atoms with Crippen molar-refractivity contribution in [3.05, 3.63) is 48.5 Å². The number of nitrogens with one attached hydrogen (secondary N) is 1. The van der Waals surface area contributed by atoms with Gasteiger partial charge in [0, 0.05) is 17.6 Å². The van der Waals surface area contributed by atoms with Crippen LogP contribution < -0.4 is 15.8 Å². The Balaban J connectivity index is 1.56. The SMILES string of the molecule is NC(c1cc(Oc2ccc3c(ccn3C(=O)O)c2)ncn1)C1CCNC1. The fraction of sp³-hybridized carbons (Fsp3) is 0.278. The molecule has 8 nitrogen and oxygen atoms in total. The minimum absolute atomic E-state index is 0.164. The van der Waals surface area contributed by atoms with Crippen molar-refractivity contribution >= 4 is 17.0 Å². The minimum atomic E-state index is -1.02. The van der Waals surface area contributed by atoms with Gasteiger partial charge in [-0.25, -0.2) is 14.8 Å². The summed E-state index contributed by atoms with van der Waals surface area (Å²) in [5.41, 5.74) is 7.68. The number of nitrogens with two attached hydrogens (primary N) is 1. The van der Waals surface area contributed by atoms with Gasteiger partial charge in [-0.1, -0.05) is 0 Å². The molecular weight excluding hydrogens is 334 g/mol. The molecule has 2 atom stereocenters. The largest absolute Gasteiger partial charge is 0.464 e. The lowest BCUT2D eigenvalue weighted by Crippen LogP contribution is -2.24. The van der Waals surface area contributed by atoms with E-state index in [-0.39, 0.29) is 6.04 Å². The maximum atomic E-state index is 11.2. The van der Waals surface area contributed by atoms with Crippen molar-refractivity contribution in [2.45, 2.75) is 12.5 Å². The van der Waals surface area contributed by atoms with E-state index in [0.717, 1.165) is 35.2 Å². The lowest BCUT2D eigenvalue weighted by Gasteiger charge is -2.17. The molecular formula is C18H19N5O3. The number of aromatic nitrogens is 3. The van der Waals surface area contributed by atoms with E-state index in [1.165, 1.54) is 12.5 Å². The highest BCUT2D eigenvalue weighted by molar-refractivity contribution is 5.89. The zero-order valence-corrected chi connectivity index (χ0v) is 14.0. The molecule has 4 N–H and O–H groups in total. The summed E-state index contributed by atoms with van der Waals surface area (Å²) in [6.45, 7) is 1.86. The Labute approximate surface area is 149 Å². The highest BCUT2D eigenvalue weighted by atomic mass is 16.5. The lowest BCUT2D eigenvalue weighted by molar-refractivity contribution is 0.197. The fourth-order valence-electron chi connectivity index (χ4n) is 3.29. The number of nitrogens with zero attached hydrogens (tertiary/aromatic N) is 3. The maximum absolute atomic E-state index is 11.2. The summed E-state index contributed by atoms with van der Waals surface area (Å²) in [4.78, 5) is 19.6. The average Bonchev–Trinajstić information content (AvgIpc) is 3.31. The van der Waals surface area contributed by atoms with Gasteiger partial charge in [0.2, 0.25) is 5.88 Å². The molecule has 2 aromatic heterocycles. The second-order valence-electron chi connectivity index (χ2n) is 6.35. The molecule has 2 unspecified atom stereocenters. The second-order valence-corrected chi connectivity index (χ2v) is 6.35. The molecule has 1 aliphatic rings. The Hall–Kier alpha value is -2.97. The van der Waals surface area contributed by atoms with E-state index in [0.29, 0.717) is 23.1 Å². The third-order valence-electron chi connectivity index (χ3n) is 4.70. The Morgan fingerprint density at radius 2 is 2.23 bits per heavy atom. The van der Waals surface area contributed by atoms with Crippen molar-refractivity contribution in [1.82, 2.24) is 19.9 Å². The number of carbonyl (C=O) groups is 1. The Kier molecular flexibility index (Phi) is 4.27. The van der Waals surface area contributed by atoms with E-state index >= 15 is 0 Å². The summed E-state index contributed by atoms with van der Waals surface area (Å²) >= 11 is 0. The van der Waals surface area contributed by atoms with Crippen LogP contribution in [0.5, 0.6) is 11.6 Å². The first-order chi connectivity index (χ1) is 12.6. The van der Waals surface area contributed by atoms with E-state index in [2.05, 4.69) is 15.3 Å². The third-order valence-corrected chi connectivity index (χ3v) is 4.70. The van der Waals surface area contributed by atoms with Gasteiger partial charge in [-0.3, -0.25) is 4.57 Å². The molecule has 0 spiro atoms. The summed E-state index contributed by atoms with van der Waals surface area (Å²) in [7, 11) is 0. The summed E-state index contributed by atoms with van der Waals surface area (Å²) in [5, 5.41) is 13.2. The van der Waals surface area contributed by atoms with Crippen LogP contribution in [0, 0.1) is 5.92 Å². The third kappa shape index (κ3) is 3.12. The van der Waals surface area contributed by atoms with E-state index in [9.17, 15) is 4.79 Å². The first-order valence-electron chi connectivity index (χ1n) is 8.42. The first-order valence-corrected chi connectivity index (χ1v) is 8.42. The number of hydrogen-bond acceptors (Lipinski definition) is 6. The quantitative estimate of drug-likeness (QED) is 0.659. The van der Waals surface area contributed by atoms with Gasteiger partial charge in [0.15, 0.2) is 0 Å². The Morgan fingerprint density at radius 3 is 3.00 bits per heavy atom. The van der Waals surface area contributed by atoms with Gasteiger partial charge in [-0.15, -0.1) is 0 Å². The molecule has 0 aliphatic carbocycles. The van der Waals surface area contributed by atoms with Crippen LogP contribution in [0.1, 0.15) is 18.2 Å². The predicted molar refractivity (Wildman–Crippen MR) is 95.4 cm³/mol. The van der Waals surface area contributed by atoms with Crippen molar-refractivity contribution in [2.24, 2.45) is 11.7 Å². The molecule has 1 aliphatic heterocycles. The van der Waals surface area contributed by atoms with Crippen molar-refractivity contribution < 1.29 is 14.6 Å². The van der Waals surface area contributed by atoms with Crippen LogP contribution >= 0.6 is 0 Å². The molecule has 3 aromatic rings. The second kappa shape index (κ2) is 6.74. The molecule has 1 saturated heterocycles. The molecule has 0 amide bonds. The van der Waals surface area contributed by atoms with E-state index in [1.54, 1.807) is 30.3 Å². The molecule has 0 saturated carbocycles. The summed E-state index contributed by atoms with van der Waals surface area (Å²) < 4.78 is 6.99. The predicted octanol–water partition coefficient (Wildman–Crippen LogP) is 2.36. The van der Waals surface area contributed by atoms with Crippen LogP contribution in [0.2, 0.25) is 0 Å². The summed E-state index contributed by atoms with van der Waals surface area (Å²) in [6, 6.07) is 8.52. The molecule has 3 heterocycles. The molecule has 0 radical (unpaired) electrons. The van der Waals surface area contributed by atoms with Crippen LogP contribution in [0.3, 0.4) is 0 Å². The van der Waals surface area contributed by atoms with Crippen LogP contribution in [-0.2, 0) is 0 Å². The molecule has 1 aromatic carbocycles. The highest BCUT2D eigenvalue weighted by Crippen LogP contribution is 2.28. The van der Waals surface area contributed by atoms with Gasteiger partial charge in [0.1, 0.15) is 12.1 Å². The first kappa shape index (κ1) is 16.5. The minimum Gasteiger partial charge on any atom is -0.464 e. The number of benzene rings is 1. The van der Waals surface area contributed by atoms with Crippen molar-refractivity contribution in [3.63, 3.8) is 0 Å². The Bertz CT molecular complexity index is 949. The van der Waals surface area contributed by atoms with E-state index in [4.69, 9.17) is 15.6 Å². The van der Waals surface area contributed by atoms with Gasteiger partial charge >= 0.3 is 6.09 Å². The van der Waals surface area contributed by atoms with Gasteiger partial charge < -0.3 is 20.9 Å². The molecule has 4 rings (SSSR count). The zero-order valence-electron chi connectivity index (χ0n) is 14.0. The molecule has 26 heavy (non-hydrogen) atoms. The van der Waals surface area contributed by atoms with Gasteiger partial charge in [0.05, 0.1) is 17.3 Å². The summed E-state index contributed by atoms with van der Waals surface area (Å²) in [6.07, 6.45) is 2.96. The normalized spacial score (nSPS) is 18.1. The topological polar surface area (TPSA) is 115 Å². The molecule has 8 heteroatoms. The van der Waals surface area contributed by atoms with Crippen molar-refractivity contribution in [1.29, 1.82) is 0 Å². The Morgan fingerprint density at radius 1 is 1.35 bits per heavy atom. The monoisotopic (exact) mass is 353 g/mol. The number of carboxylic acid groups (broad SMARTS) is 1. The fourth-order valence-corrected chi connectivity index (χ4v) is 3.29. The van der Waals surface area contributed by atoms with E-state index in [1.807, 2.05) is 0 Å². The van der Waals surface area contributed by atoms with Gasteiger partial charge in [-0.05, 0) is 49.7 Å². The standard InChI is InChI=1S/C18H19N5O3/c19-17(12-3-5-20-9-12)14-8-16(22-10-21-14)26-13-1-2-15-11(7-13)4-6-23(15)18(24)25/h1-2,4,6-8,10,12,17,20H,3,5,9,19H2,(H,24,25). The number of rotatable bonds is 4. The van der Waals surface area contributed by atoms with Crippen molar-refractivity contribution in [2.75, 3.05) is 13.1 Å². The van der Waals surface area contributed by atoms with Crippen LogP contribution in [0.15, 0.2) is 42.9 Å². The lowest BCUT2D eigenvalue weighted by atomic mass is 9.97. The maximum Gasteiger partial charge on any atom is 0.415 e. The number of hydrogen-bond donors (Lipinski definition) is 3. The van der Waals surface area contributed by atoms with Crippen LogP contribution in [-0.4, -0.2) is 38.8 Å². The van der Waals surface area contributed by atoms with Gasteiger partial charge in [0.25, 0.3) is 0 Å². The summed E-state index contributed by atoms with van der Waals surface area (Å²) in [5.74, 6) is 1.33. The highest BCUT2D eigenvalue weighted by Gasteiger charge is 2.24. The average molecular weight is 353 g/mol. The molecule has 134 valence electrons. The van der Waals surface area contributed by atoms with Crippen LogP contribution in [0.25, 0.3) is 10.9 Å². The number of ether oxygens (including phenoxy) is 1. The van der Waals surface area contributed by atoms with Crippen LogP contribution in [0.4, 0.5) is 4.79 Å². The zero-order chi connectivity index (χ0) is 18.1. The smallest absolute Gasteiger partial charge is 0.415 e. The molecule has 1 fully saturated rings. The van der Waals surface area contributed by atoms with Crippen molar-refractivity contribution in [3.8, 4) is 11.6 Å². The van der Waals surface area contributed by atoms with E-state index < -0.39 is 6.09 Å². The van der Waals surface area contributed by atoms with Gasteiger partial charge in [-0.2, -0.15) is 0 Å².